The summed E-state index contributed by atoms with van der Waals surface area (Å²) in [7, 11) is -2.13. The van der Waals surface area contributed by atoms with E-state index in [0.717, 1.165) is 11.1 Å². The van der Waals surface area contributed by atoms with Crippen molar-refractivity contribution in [2.45, 2.75) is 32.2 Å². The fourth-order valence-electron chi connectivity index (χ4n) is 2.70. The summed E-state index contributed by atoms with van der Waals surface area (Å²) < 4.78 is 32.8. The molecule has 0 saturated carbocycles. The Bertz CT molecular complexity index is 893. The fourth-order valence-corrected chi connectivity index (χ4v) is 3.95. The molecule has 0 spiro atoms. The van der Waals surface area contributed by atoms with Gasteiger partial charge in [0.25, 0.3) is 0 Å². The Kier molecular flexibility index (Phi) is 6.98. The Labute approximate surface area is 161 Å². The van der Waals surface area contributed by atoms with Gasteiger partial charge >= 0.3 is 0 Å². The van der Waals surface area contributed by atoms with E-state index in [9.17, 15) is 13.2 Å². The van der Waals surface area contributed by atoms with Crippen LogP contribution in [0.5, 0.6) is 5.75 Å². The quantitative estimate of drug-likeness (QED) is 0.752. The van der Waals surface area contributed by atoms with Gasteiger partial charge in [-0.3, -0.25) is 4.79 Å². The molecular formula is C20H26N2O4S. The minimum atomic E-state index is -3.66. The number of ether oxygens (including phenoxy) is 1. The van der Waals surface area contributed by atoms with E-state index in [0.29, 0.717) is 17.9 Å². The molecule has 1 amide bonds. The first-order valence-electron chi connectivity index (χ1n) is 8.68. The van der Waals surface area contributed by atoms with E-state index in [-0.39, 0.29) is 23.9 Å². The van der Waals surface area contributed by atoms with Crippen molar-refractivity contribution in [2.24, 2.45) is 0 Å². The number of benzene rings is 2. The second kappa shape index (κ2) is 9.01. The van der Waals surface area contributed by atoms with Crippen LogP contribution in [0.4, 0.5) is 0 Å². The summed E-state index contributed by atoms with van der Waals surface area (Å²) in [5.41, 5.74) is 2.75. The maximum atomic E-state index is 12.5. The number of carbonyl (C=O) groups is 1. The van der Waals surface area contributed by atoms with Crippen LogP contribution < -0.4 is 9.46 Å². The Morgan fingerprint density at radius 2 is 1.78 bits per heavy atom. The van der Waals surface area contributed by atoms with Crippen LogP contribution in [0.25, 0.3) is 0 Å². The van der Waals surface area contributed by atoms with Gasteiger partial charge in [0, 0.05) is 26.6 Å². The Morgan fingerprint density at radius 1 is 1.11 bits per heavy atom. The van der Waals surface area contributed by atoms with Crippen molar-refractivity contribution in [2.75, 3.05) is 20.2 Å². The molecule has 0 aliphatic carbocycles. The highest BCUT2D eigenvalue weighted by Crippen LogP contribution is 2.20. The average molecular weight is 391 g/mol. The highest BCUT2D eigenvalue weighted by atomic mass is 32.2. The zero-order valence-corrected chi connectivity index (χ0v) is 17.0. The molecule has 2 rings (SSSR count). The maximum Gasteiger partial charge on any atom is 0.240 e. The number of rotatable bonds is 8. The number of hydrogen-bond acceptors (Lipinski definition) is 4. The number of amides is 1. The Balaban J connectivity index is 2.01. The molecule has 1 N–H and O–H groups in total. The summed E-state index contributed by atoms with van der Waals surface area (Å²) in [4.78, 5) is 13.7. The molecule has 0 aromatic heterocycles. The van der Waals surface area contributed by atoms with Gasteiger partial charge in [-0.25, -0.2) is 13.1 Å². The summed E-state index contributed by atoms with van der Waals surface area (Å²) in [6.45, 7) is 6.07. The van der Waals surface area contributed by atoms with Gasteiger partial charge in [0.2, 0.25) is 15.9 Å². The number of aryl methyl sites for hydroxylation is 2. The number of nitrogens with one attached hydrogen (secondary N) is 1. The smallest absolute Gasteiger partial charge is 0.240 e. The monoisotopic (exact) mass is 390 g/mol. The largest absolute Gasteiger partial charge is 0.497 e. The van der Waals surface area contributed by atoms with Gasteiger partial charge in [0.05, 0.1) is 12.0 Å². The predicted octanol–water partition coefficient (Wildman–Crippen LogP) is 2.64. The highest BCUT2D eigenvalue weighted by molar-refractivity contribution is 7.89. The molecule has 0 bridgehead atoms. The van der Waals surface area contributed by atoms with Gasteiger partial charge in [0.15, 0.2) is 0 Å². The average Bonchev–Trinajstić information content (AvgIpc) is 2.62. The van der Waals surface area contributed by atoms with Crippen LogP contribution in [0.1, 0.15) is 23.6 Å². The summed E-state index contributed by atoms with van der Waals surface area (Å²) in [5, 5.41) is 0. The normalized spacial score (nSPS) is 11.3. The minimum absolute atomic E-state index is 0.101. The first-order valence-corrected chi connectivity index (χ1v) is 10.2. The molecule has 146 valence electrons. The molecule has 6 nitrogen and oxygen atoms in total. The number of nitrogens with zero attached hydrogens (tertiary/aromatic N) is 1. The van der Waals surface area contributed by atoms with Crippen molar-refractivity contribution in [1.82, 2.24) is 9.62 Å². The molecule has 0 saturated heterocycles. The second-order valence-electron chi connectivity index (χ2n) is 6.46. The molecule has 0 aliphatic rings. The van der Waals surface area contributed by atoms with Crippen LogP contribution in [0.2, 0.25) is 0 Å². The van der Waals surface area contributed by atoms with E-state index < -0.39 is 10.0 Å². The van der Waals surface area contributed by atoms with Crippen LogP contribution in [0, 0.1) is 13.8 Å². The van der Waals surface area contributed by atoms with Crippen LogP contribution in [0.3, 0.4) is 0 Å². The molecule has 7 heteroatoms. The number of sulfonamides is 1. The van der Waals surface area contributed by atoms with Crippen molar-refractivity contribution in [3.8, 4) is 5.75 Å². The van der Waals surface area contributed by atoms with E-state index >= 15 is 0 Å². The molecule has 2 aromatic carbocycles. The third kappa shape index (κ3) is 5.80. The molecule has 0 aliphatic heterocycles. The molecule has 2 aromatic rings. The van der Waals surface area contributed by atoms with Gasteiger partial charge in [-0.2, -0.15) is 0 Å². The maximum absolute atomic E-state index is 12.5. The van der Waals surface area contributed by atoms with Gasteiger partial charge in [-0.1, -0.05) is 29.8 Å². The van der Waals surface area contributed by atoms with Crippen LogP contribution in [-0.2, 0) is 21.4 Å². The molecule has 0 unspecified atom stereocenters. The van der Waals surface area contributed by atoms with Gasteiger partial charge in [-0.15, -0.1) is 0 Å². The first kappa shape index (κ1) is 20.9. The summed E-state index contributed by atoms with van der Waals surface area (Å²) >= 11 is 0. The Hall–Kier alpha value is -2.38. The highest BCUT2D eigenvalue weighted by Gasteiger charge is 2.18. The van der Waals surface area contributed by atoms with Crippen LogP contribution >= 0.6 is 0 Å². The van der Waals surface area contributed by atoms with E-state index in [4.69, 9.17) is 4.74 Å². The Morgan fingerprint density at radius 3 is 2.33 bits per heavy atom. The minimum Gasteiger partial charge on any atom is -0.497 e. The van der Waals surface area contributed by atoms with Gasteiger partial charge < -0.3 is 9.64 Å². The lowest BCUT2D eigenvalue weighted by atomic mass is 10.1. The standard InChI is InChI=1S/C20H26N2O4S/c1-15-5-7-18(8-6-15)14-22(17(3)23)12-11-21-27(24,25)20-10-9-19(26-4)13-16(20)2/h5-10,13,21H,11-12,14H2,1-4H3. The molecule has 0 radical (unpaired) electrons. The third-order valence-corrected chi connectivity index (χ3v) is 5.91. The number of hydrogen-bond donors (Lipinski definition) is 1. The van der Waals surface area contributed by atoms with E-state index in [1.165, 1.54) is 20.1 Å². The van der Waals surface area contributed by atoms with E-state index in [1.807, 2.05) is 31.2 Å². The van der Waals surface area contributed by atoms with Crippen LogP contribution in [-0.4, -0.2) is 39.4 Å². The molecule has 0 atom stereocenters. The lowest BCUT2D eigenvalue weighted by Gasteiger charge is -2.21. The summed E-state index contributed by atoms with van der Waals surface area (Å²) in [6, 6.07) is 12.7. The molecule has 0 heterocycles. The van der Waals surface area contributed by atoms with Crippen molar-refractivity contribution < 1.29 is 17.9 Å². The van der Waals surface area contributed by atoms with Gasteiger partial charge in [0.1, 0.15) is 5.75 Å². The van der Waals surface area contributed by atoms with Crippen LogP contribution in [0.15, 0.2) is 47.4 Å². The van der Waals surface area contributed by atoms with Crippen molar-refractivity contribution in [3.63, 3.8) is 0 Å². The lowest BCUT2D eigenvalue weighted by Crippen LogP contribution is -2.37. The fraction of sp³-hybridized carbons (Fsp3) is 0.350. The topological polar surface area (TPSA) is 75.7 Å². The zero-order valence-electron chi connectivity index (χ0n) is 16.2. The first-order chi connectivity index (χ1) is 12.7. The van der Waals surface area contributed by atoms with E-state index in [1.54, 1.807) is 24.0 Å². The van der Waals surface area contributed by atoms with Crippen molar-refractivity contribution >= 4 is 15.9 Å². The SMILES string of the molecule is COc1ccc(S(=O)(=O)NCCN(Cc2ccc(C)cc2)C(C)=O)c(C)c1. The predicted molar refractivity (Wildman–Crippen MR) is 105 cm³/mol. The summed E-state index contributed by atoms with van der Waals surface area (Å²) in [5.74, 6) is 0.503. The third-order valence-electron chi connectivity index (χ3n) is 4.28. The van der Waals surface area contributed by atoms with Crippen molar-refractivity contribution in [3.05, 3.63) is 59.2 Å². The lowest BCUT2D eigenvalue weighted by molar-refractivity contribution is -0.129. The van der Waals surface area contributed by atoms with E-state index in [2.05, 4.69) is 4.72 Å². The van der Waals surface area contributed by atoms with Gasteiger partial charge in [-0.05, 0) is 43.2 Å². The summed E-state index contributed by atoms with van der Waals surface area (Å²) in [6.07, 6.45) is 0. The molecule has 0 fully saturated rings. The number of carbonyl (C=O) groups excluding carboxylic acids is 1. The molecular weight excluding hydrogens is 364 g/mol. The van der Waals surface area contributed by atoms with Crippen molar-refractivity contribution in [1.29, 1.82) is 0 Å². The second-order valence-corrected chi connectivity index (χ2v) is 8.19. The zero-order chi connectivity index (χ0) is 20.0. The molecule has 27 heavy (non-hydrogen) atoms. The number of methoxy groups -OCH3 is 1.